The van der Waals surface area contributed by atoms with Crippen molar-refractivity contribution in [2.45, 2.75) is 42.9 Å². The molecule has 2 aliphatic rings. The Bertz CT molecular complexity index is 261. The van der Waals surface area contributed by atoms with Crippen LogP contribution in [0.3, 0.4) is 0 Å². The molecule has 2 N–H and O–H groups in total. The molecule has 1 aliphatic carbocycles. The zero-order valence-corrected chi connectivity index (χ0v) is 12.1. The monoisotopic (exact) mass is 274 g/mol. The van der Waals surface area contributed by atoms with Gasteiger partial charge in [0.15, 0.2) is 0 Å². The Morgan fingerprint density at radius 2 is 2.24 bits per heavy atom. The van der Waals surface area contributed by atoms with Gasteiger partial charge in [-0.1, -0.05) is 19.3 Å². The molecular weight excluding hydrogens is 252 g/mol. The predicted octanol–water partition coefficient (Wildman–Crippen LogP) is 1.83. The molecule has 0 spiro atoms. The van der Waals surface area contributed by atoms with E-state index in [4.69, 9.17) is 0 Å². The predicted molar refractivity (Wildman–Crippen MR) is 76.6 cm³/mol. The lowest BCUT2D eigenvalue weighted by molar-refractivity contribution is -0.122. The maximum atomic E-state index is 11.9. The summed E-state index contributed by atoms with van der Waals surface area (Å²) in [6.45, 7) is 0.843. The molecule has 0 radical (unpaired) electrons. The second-order valence-electron chi connectivity index (χ2n) is 4.94. The number of carbonyl (C=O) groups is 1. The molecule has 1 saturated carbocycles. The highest BCUT2D eigenvalue weighted by atomic mass is 32.2. The summed E-state index contributed by atoms with van der Waals surface area (Å²) in [6.07, 6.45) is 8.67. The first kappa shape index (κ1) is 13.6. The van der Waals surface area contributed by atoms with Crippen LogP contribution in [-0.2, 0) is 4.79 Å². The quantitative estimate of drug-likeness (QED) is 0.821. The summed E-state index contributed by atoms with van der Waals surface area (Å²) < 4.78 is 0.305. The van der Waals surface area contributed by atoms with Crippen molar-refractivity contribution in [3.8, 4) is 0 Å². The molecule has 0 aromatic carbocycles. The minimum absolute atomic E-state index is 0.0301. The number of thioether (sulfide) groups is 2. The zero-order chi connectivity index (χ0) is 12.1. The van der Waals surface area contributed by atoms with Gasteiger partial charge in [-0.2, -0.15) is 11.8 Å². The Morgan fingerprint density at radius 3 is 2.82 bits per heavy atom. The minimum atomic E-state index is 0.0301. The molecular formula is C12H22N2OS2. The molecule has 0 bridgehead atoms. The van der Waals surface area contributed by atoms with Gasteiger partial charge in [-0.3, -0.25) is 10.1 Å². The molecule has 0 aromatic heterocycles. The molecule has 98 valence electrons. The largest absolute Gasteiger partial charge is 0.353 e. The van der Waals surface area contributed by atoms with Gasteiger partial charge in [0.1, 0.15) is 0 Å². The Balaban J connectivity index is 1.80. The summed E-state index contributed by atoms with van der Waals surface area (Å²) in [5, 5.41) is 6.37. The average Bonchev–Trinajstić information content (AvgIpc) is 2.91. The first-order valence-corrected chi connectivity index (χ1v) is 8.78. The molecule has 1 heterocycles. The van der Waals surface area contributed by atoms with Crippen LogP contribution in [0.2, 0.25) is 0 Å². The van der Waals surface area contributed by atoms with Crippen LogP contribution in [0.4, 0.5) is 0 Å². The van der Waals surface area contributed by atoms with E-state index in [1.807, 2.05) is 11.8 Å². The Kier molecular flexibility index (Phi) is 5.06. The minimum Gasteiger partial charge on any atom is -0.353 e. The standard InChI is InChI=1S/C12H22N2OS2/c1-16-12(5-3-2-4-6-12)8-13-11(15)10-7-17-9-14-10/h10,14H,2-9H2,1H3,(H,13,15). The Morgan fingerprint density at radius 1 is 1.47 bits per heavy atom. The second-order valence-corrected chi connectivity index (χ2v) is 7.24. The van der Waals surface area contributed by atoms with Gasteiger partial charge in [-0.05, 0) is 19.1 Å². The van der Waals surface area contributed by atoms with Crippen LogP contribution in [0.5, 0.6) is 0 Å². The van der Waals surface area contributed by atoms with Gasteiger partial charge in [0.05, 0.1) is 6.04 Å². The van der Waals surface area contributed by atoms with Crippen molar-refractivity contribution < 1.29 is 4.79 Å². The van der Waals surface area contributed by atoms with Crippen molar-refractivity contribution in [1.82, 2.24) is 10.6 Å². The molecule has 2 fully saturated rings. The summed E-state index contributed by atoms with van der Waals surface area (Å²) in [5.74, 6) is 2.01. The summed E-state index contributed by atoms with van der Waals surface area (Å²) in [4.78, 5) is 11.9. The number of rotatable bonds is 4. The molecule has 1 aliphatic heterocycles. The average molecular weight is 274 g/mol. The van der Waals surface area contributed by atoms with E-state index in [0.29, 0.717) is 4.75 Å². The van der Waals surface area contributed by atoms with Crippen molar-refractivity contribution in [2.24, 2.45) is 0 Å². The Hall–Kier alpha value is 0.130. The first-order valence-electron chi connectivity index (χ1n) is 6.40. The SMILES string of the molecule is CSC1(CNC(=O)C2CSCN2)CCCCC1. The van der Waals surface area contributed by atoms with Crippen LogP contribution < -0.4 is 10.6 Å². The van der Waals surface area contributed by atoms with Gasteiger partial charge in [0.2, 0.25) is 5.91 Å². The van der Waals surface area contributed by atoms with E-state index in [0.717, 1.165) is 18.2 Å². The van der Waals surface area contributed by atoms with Gasteiger partial charge < -0.3 is 5.32 Å². The molecule has 5 heteroatoms. The third kappa shape index (κ3) is 3.55. The van der Waals surface area contributed by atoms with Crippen LogP contribution in [-0.4, -0.2) is 41.1 Å². The van der Waals surface area contributed by atoms with Crippen molar-refractivity contribution >= 4 is 29.4 Å². The van der Waals surface area contributed by atoms with E-state index in [1.54, 1.807) is 11.8 Å². The van der Waals surface area contributed by atoms with Crippen molar-refractivity contribution in [3.05, 3.63) is 0 Å². The van der Waals surface area contributed by atoms with Gasteiger partial charge in [-0.15, -0.1) is 11.8 Å². The summed E-state index contributed by atoms with van der Waals surface area (Å²) in [6, 6.07) is 0.0301. The topological polar surface area (TPSA) is 41.1 Å². The van der Waals surface area contributed by atoms with Crippen LogP contribution in [0, 0.1) is 0 Å². The number of nitrogens with one attached hydrogen (secondary N) is 2. The van der Waals surface area contributed by atoms with Gasteiger partial charge in [0.25, 0.3) is 0 Å². The lowest BCUT2D eigenvalue weighted by Crippen LogP contribution is -2.48. The van der Waals surface area contributed by atoms with E-state index in [-0.39, 0.29) is 11.9 Å². The first-order chi connectivity index (χ1) is 8.26. The van der Waals surface area contributed by atoms with Crippen molar-refractivity contribution in [2.75, 3.05) is 24.4 Å². The Labute approximate surface area is 112 Å². The maximum absolute atomic E-state index is 11.9. The summed E-state index contributed by atoms with van der Waals surface area (Å²) >= 11 is 3.74. The lowest BCUT2D eigenvalue weighted by Gasteiger charge is -2.36. The number of amides is 1. The fourth-order valence-corrected chi connectivity index (χ4v) is 4.44. The van der Waals surface area contributed by atoms with Crippen LogP contribution in [0.25, 0.3) is 0 Å². The number of hydrogen-bond donors (Lipinski definition) is 2. The maximum Gasteiger partial charge on any atom is 0.238 e. The zero-order valence-electron chi connectivity index (χ0n) is 10.5. The van der Waals surface area contributed by atoms with Gasteiger partial charge in [0, 0.05) is 22.9 Å². The highest BCUT2D eigenvalue weighted by molar-refractivity contribution is 8.00. The fourth-order valence-electron chi connectivity index (χ4n) is 2.58. The molecule has 3 nitrogen and oxygen atoms in total. The summed E-state index contributed by atoms with van der Waals surface area (Å²) in [5.41, 5.74) is 0. The third-order valence-corrected chi connectivity index (χ3v) is 6.17. The highest BCUT2D eigenvalue weighted by Gasteiger charge is 2.32. The van der Waals surface area contributed by atoms with E-state index in [1.165, 1.54) is 32.1 Å². The third-order valence-electron chi connectivity index (χ3n) is 3.82. The smallest absolute Gasteiger partial charge is 0.238 e. The van der Waals surface area contributed by atoms with Crippen LogP contribution >= 0.6 is 23.5 Å². The fraction of sp³-hybridized carbons (Fsp3) is 0.917. The highest BCUT2D eigenvalue weighted by Crippen LogP contribution is 2.37. The second kappa shape index (κ2) is 6.34. The van der Waals surface area contributed by atoms with Crippen molar-refractivity contribution in [1.29, 1.82) is 0 Å². The van der Waals surface area contributed by atoms with E-state index in [9.17, 15) is 4.79 Å². The lowest BCUT2D eigenvalue weighted by atomic mass is 9.88. The van der Waals surface area contributed by atoms with Gasteiger partial charge in [-0.25, -0.2) is 0 Å². The number of carbonyl (C=O) groups excluding carboxylic acids is 1. The molecule has 1 atom stereocenters. The normalized spacial score (nSPS) is 27.9. The van der Waals surface area contributed by atoms with E-state index in [2.05, 4.69) is 16.9 Å². The molecule has 17 heavy (non-hydrogen) atoms. The van der Waals surface area contributed by atoms with E-state index >= 15 is 0 Å². The molecule has 1 amide bonds. The summed E-state index contributed by atoms with van der Waals surface area (Å²) in [7, 11) is 0. The van der Waals surface area contributed by atoms with Crippen LogP contribution in [0.1, 0.15) is 32.1 Å². The van der Waals surface area contributed by atoms with E-state index < -0.39 is 0 Å². The van der Waals surface area contributed by atoms with Gasteiger partial charge >= 0.3 is 0 Å². The van der Waals surface area contributed by atoms with Crippen LogP contribution in [0.15, 0.2) is 0 Å². The van der Waals surface area contributed by atoms with Crippen molar-refractivity contribution in [3.63, 3.8) is 0 Å². The molecule has 1 saturated heterocycles. The number of hydrogen-bond acceptors (Lipinski definition) is 4. The molecule has 2 rings (SSSR count). The molecule has 1 unspecified atom stereocenters. The molecule has 0 aromatic rings.